The third kappa shape index (κ3) is 6.52. The highest BCUT2D eigenvalue weighted by Crippen LogP contribution is 2.26. The number of hydrogen-bond acceptors (Lipinski definition) is 2. The van der Waals surface area contributed by atoms with Crippen LogP contribution in [0.3, 0.4) is 0 Å². The van der Waals surface area contributed by atoms with E-state index in [2.05, 4.69) is 38.4 Å². The van der Waals surface area contributed by atoms with Gasteiger partial charge in [-0.25, -0.2) is 0 Å². The summed E-state index contributed by atoms with van der Waals surface area (Å²) in [5.74, 6) is 0. The Kier molecular flexibility index (Phi) is 6.51. The van der Waals surface area contributed by atoms with Gasteiger partial charge in [0.2, 0.25) is 0 Å². The van der Waals surface area contributed by atoms with Crippen molar-refractivity contribution < 1.29 is 0 Å². The van der Waals surface area contributed by atoms with Crippen molar-refractivity contribution in [1.29, 1.82) is 0 Å². The molecule has 74 valence electrons. The van der Waals surface area contributed by atoms with Gasteiger partial charge in [-0.3, -0.25) is 0 Å². The van der Waals surface area contributed by atoms with Crippen molar-refractivity contribution in [2.24, 2.45) is 0 Å². The number of allylic oxidation sites excluding steroid dienone is 3. The second kappa shape index (κ2) is 6.84. The van der Waals surface area contributed by atoms with Crippen LogP contribution < -0.4 is 5.32 Å². The van der Waals surface area contributed by atoms with E-state index in [0.29, 0.717) is 0 Å². The van der Waals surface area contributed by atoms with Crippen molar-refractivity contribution in [3.05, 3.63) is 34.9 Å². The number of thioether (sulfide) groups is 1. The first-order valence-electron chi connectivity index (χ1n) is 4.54. The molecule has 0 unspecified atom stereocenters. The monoisotopic (exact) mass is 197 g/mol. The van der Waals surface area contributed by atoms with Gasteiger partial charge in [-0.1, -0.05) is 44.3 Å². The minimum atomic E-state index is 0.935. The number of rotatable bonds is 6. The molecule has 0 spiro atoms. The molecule has 0 aliphatic rings. The Bertz CT molecular complexity index is 216. The zero-order valence-electron chi connectivity index (χ0n) is 8.81. The zero-order chi connectivity index (χ0) is 10.3. The van der Waals surface area contributed by atoms with Gasteiger partial charge >= 0.3 is 0 Å². The maximum atomic E-state index is 3.92. The molecule has 0 heterocycles. The fourth-order valence-corrected chi connectivity index (χ4v) is 1.89. The molecule has 0 aromatic heterocycles. The van der Waals surface area contributed by atoms with Gasteiger partial charge in [-0.15, -0.1) is 0 Å². The average molecular weight is 197 g/mol. The Hall–Kier alpha value is -0.630. The minimum absolute atomic E-state index is 0.935. The molecule has 0 radical (unpaired) electrons. The van der Waals surface area contributed by atoms with Crippen LogP contribution in [-0.2, 0) is 0 Å². The largest absolute Gasteiger partial charge is 0.355 e. The molecule has 1 nitrogen and oxygen atoms in total. The van der Waals surface area contributed by atoms with Gasteiger partial charge in [0.1, 0.15) is 0 Å². The molecule has 0 atom stereocenters. The van der Waals surface area contributed by atoms with Gasteiger partial charge in [0.15, 0.2) is 0 Å². The predicted octanol–water partition coefficient (Wildman–Crippen LogP) is 4.02. The van der Waals surface area contributed by atoms with Crippen LogP contribution in [0.15, 0.2) is 34.9 Å². The Morgan fingerprint density at radius 1 is 1.46 bits per heavy atom. The average Bonchev–Trinajstić information content (AvgIpc) is 2.02. The summed E-state index contributed by atoms with van der Waals surface area (Å²) in [6.45, 7) is 13.9. The highest BCUT2D eigenvalue weighted by atomic mass is 32.2. The summed E-state index contributed by atoms with van der Waals surface area (Å²) in [4.78, 5) is 1.36. The summed E-state index contributed by atoms with van der Waals surface area (Å²) in [7, 11) is 0. The van der Waals surface area contributed by atoms with Crippen LogP contribution in [0.5, 0.6) is 0 Å². The Morgan fingerprint density at radius 3 is 2.46 bits per heavy atom. The molecule has 0 aromatic rings. The topological polar surface area (TPSA) is 12.0 Å². The van der Waals surface area contributed by atoms with Gasteiger partial charge in [-0.05, 0) is 25.2 Å². The number of hydrogen-bond donors (Lipinski definition) is 1. The van der Waals surface area contributed by atoms with Crippen LogP contribution in [0.4, 0.5) is 0 Å². The minimum Gasteiger partial charge on any atom is -0.355 e. The molecule has 0 saturated heterocycles. The van der Waals surface area contributed by atoms with Gasteiger partial charge < -0.3 is 5.32 Å². The summed E-state index contributed by atoms with van der Waals surface area (Å²) in [6.07, 6.45) is 4.44. The summed E-state index contributed by atoms with van der Waals surface area (Å²) in [5.41, 5.74) is 0.935. The lowest BCUT2D eigenvalue weighted by atomic mass is 10.3. The lowest BCUT2D eigenvalue weighted by Crippen LogP contribution is -2.05. The van der Waals surface area contributed by atoms with Gasteiger partial charge in [0.25, 0.3) is 0 Å². The molecule has 1 N–H and O–H groups in total. The molecule has 0 aliphatic carbocycles. The summed E-state index contributed by atoms with van der Waals surface area (Å²) in [6, 6.07) is 0. The first-order chi connectivity index (χ1) is 6.10. The van der Waals surface area contributed by atoms with Gasteiger partial charge in [0, 0.05) is 5.70 Å². The molecular formula is C11H19NS. The third-order valence-electron chi connectivity index (χ3n) is 1.43. The van der Waals surface area contributed by atoms with Crippen molar-refractivity contribution in [2.75, 3.05) is 0 Å². The third-order valence-corrected chi connectivity index (χ3v) is 2.48. The number of nitrogens with one attached hydrogen (secondary N) is 1. The van der Waals surface area contributed by atoms with E-state index in [1.807, 2.05) is 6.92 Å². The van der Waals surface area contributed by atoms with Gasteiger partial charge in [-0.2, -0.15) is 0 Å². The van der Waals surface area contributed by atoms with E-state index in [1.165, 1.54) is 11.3 Å². The zero-order valence-corrected chi connectivity index (χ0v) is 9.63. The van der Waals surface area contributed by atoms with Crippen LogP contribution in [0.1, 0.15) is 33.6 Å². The molecule has 0 saturated carbocycles. The van der Waals surface area contributed by atoms with Crippen LogP contribution in [0.25, 0.3) is 0 Å². The lowest BCUT2D eigenvalue weighted by Gasteiger charge is -2.10. The van der Waals surface area contributed by atoms with Crippen LogP contribution >= 0.6 is 11.8 Å². The van der Waals surface area contributed by atoms with Crippen molar-refractivity contribution in [2.45, 2.75) is 33.6 Å². The molecule has 0 amide bonds. The van der Waals surface area contributed by atoms with Crippen LogP contribution in [0, 0.1) is 0 Å². The summed E-state index contributed by atoms with van der Waals surface area (Å²) in [5, 5.41) is 4.05. The maximum absolute atomic E-state index is 3.92. The Balaban J connectivity index is 3.95. The molecule has 0 aliphatic heterocycles. The van der Waals surface area contributed by atoms with Crippen molar-refractivity contribution in [1.82, 2.24) is 5.32 Å². The van der Waals surface area contributed by atoms with Crippen LogP contribution in [0.2, 0.25) is 0 Å². The van der Waals surface area contributed by atoms with E-state index >= 15 is 0 Å². The predicted molar refractivity (Wildman–Crippen MR) is 63.3 cm³/mol. The van der Waals surface area contributed by atoms with E-state index < -0.39 is 0 Å². The standard InChI is InChI=1S/C11H19NS/c1-6-8-11(7-2)13-10(5)12-9(3)4/h7,12H,3,5-6,8H2,1-2,4H3/b11-7-. The smallest absolute Gasteiger partial charge is 0.0694 e. The molecule has 0 aromatic carbocycles. The van der Waals surface area contributed by atoms with E-state index in [-0.39, 0.29) is 0 Å². The first-order valence-corrected chi connectivity index (χ1v) is 5.36. The van der Waals surface area contributed by atoms with Crippen molar-refractivity contribution >= 4 is 11.8 Å². The van der Waals surface area contributed by atoms with Gasteiger partial charge in [0.05, 0.1) is 5.03 Å². The highest BCUT2D eigenvalue weighted by Gasteiger charge is 1.99. The lowest BCUT2D eigenvalue weighted by molar-refractivity contribution is 0.944. The maximum Gasteiger partial charge on any atom is 0.0694 e. The second-order valence-electron chi connectivity index (χ2n) is 2.94. The fourth-order valence-electron chi connectivity index (χ4n) is 0.922. The SMILES string of the molecule is C=C(C)NC(=C)S/C(=C\C)CCC. The van der Waals surface area contributed by atoms with Crippen LogP contribution in [-0.4, -0.2) is 0 Å². The molecule has 0 rings (SSSR count). The van der Waals surface area contributed by atoms with E-state index in [0.717, 1.165) is 17.1 Å². The Labute approximate surface area is 86.0 Å². The molecule has 0 bridgehead atoms. The van der Waals surface area contributed by atoms with E-state index in [4.69, 9.17) is 0 Å². The van der Waals surface area contributed by atoms with E-state index in [9.17, 15) is 0 Å². The summed E-state index contributed by atoms with van der Waals surface area (Å²) >= 11 is 1.69. The highest BCUT2D eigenvalue weighted by molar-refractivity contribution is 8.06. The molecular weight excluding hydrogens is 178 g/mol. The fraction of sp³-hybridized carbons (Fsp3) is 0.455. The second-order valence-corrected chi connectivity index (χ2v) is 4.16. The first kappa shape index (κ1) is 12.4. The molecule has 0 fully saturated rings. The van der Waals surface area contributed by atoms with Crippen molar-refractivity contribution in [3.63, 3.8) is 0 Å². The van der Waals surface area contributed by atoms with Crippen molar-refractivity contribution in [3.8, 4) is 0 Å². The quantitative estimate of drug-likeness (QED) is 0.690. The normalized spacial score (nSPS) is 11.2. The molecule has 2 heteroatoms. The Morgan fingerprint density at radius 2 is 2.08 bits per heavy atom. The van der Waals surface area contributed by atoms with E-state index in [1.54, 1.807) is 11.8 Å². The summed E-state index contributed by atoms with van der Waals surface area (Å²) < 4.78 is 0. The molecule has 13 heavy (non-hydrogen) atoms.